The number of nitrogens with zero attached hydrogens (tertiary/aromatic N) is 8. The van der Waals surface area contributed by atoms with Crippen LogP contribution in [-0.2, 0) is 16.1 Å². The molecule has 6 rings (SSSR count). The largest absolute Gasteiger partial charge is 0.478 e. The zero-order valence-corrected chi connectivity index (χ0v) is 36.0. The molecule has 0 radical (unpaired) electrons. The van der Waals surface area contributed by atoms with Crippen LogP contribution in [0, 0.1) is 41.5 Å². The van der Waals surface area contributed by atoms with Crippen molar-refractivity contribution in [2.45, 2.75) is 84.5 Å². The Balaban J connectivity index is 0.000000255. The van der Waals surface area contributed by atoms with Crippen LogP contribution in [-0.4, -0.2) is 88.3 Å². The van der Waals surface area contributed by atoms with Crippen molar-refractivity contribution in [3.8, 4) is 33.9 Å². The average molecular weight is 981 g/mol. The first-order valence-electron chi connectivity index (χ1n) is 19.3. The number of pyridine rings is 2. The molecule has 0 unspecified atom stereocenters. The number of carboxylic acids is 1. The van der Waals surface area contributed by atoms with Gasteiger partial charge in [0.25, 0.3) is 0 Å². The Morgan fingerprint density at radius 2 is 0.868 bits per heavy atom. The lowest BCUT2D eigenvalue weighted by atomic mass is 9.90. The van der Waals surface area contributed by atoms with Gasteiger partial charge in [0.1, 0.15) is 11.4 Å². The van der Waals surface area contributed by atoms with Gasteiger partial charge in [-0.15, -0.1) is 10.2 Å². The highest BCUT2D eigenvalue weighted by atomic mass is 19.4. The van der Waals surface area contributed by atoms with E-state index in [0.29, 0.717) is 35.5 Å². The van der Waals surface area contributed by atoms with E-state index in [1.54, 1.807) is 13.8 Å². The molecule has 1 N–H and O–H groups in total. The Kier molecular flexibility index (Phi) is 13.9. The molecular weight excluding hydrogens is 946 g/mol. The Labute approximate surface area is 374 Å². The molecule has 0 saturated carbocycles. The van der Waals surface area contributed by atoms with Crippen LogP contribution in [0.5, 0.6) is 0 Å². The highest BCUT2D eigenvalue weighted by molar-refractivity contribution is 5.92. The summed E-state index contributed by atoms with van der Waals surface area (Å²) in [4.78, 5) is 31.5. The second-order valence-corrected chi connectivity index (χ2v) is 15.1. The van der Waals surface area contributed by atoms with Gasteiger partial charge in [0.15, 0.2) is 0 Å². The number of carboxylic acid groups (broad SMARTS) is 1. The van der Waals surface area contributed by atoms with Gasteiger partial charge >= 0.3 is 48.0 Å². The summed E-state index contributed by atoms with van der Waals surface area (Å²) in [5.74, 6) is -1.82. The van der Waals surface area contributed by atoms with Crippen molar-refractivity contribution in [2.75, 3.05) is 6.61 Å². The summed E-state index contributed by atoms with van der Waals surface area (Å²) in [6.07, 6.45) is -19.5. The van der Waals surface area contributed by atoms with E-state index in [4.69, 9.17) is 4.74 Å². The number of esters is 1. The lowest BCUT2D eigenvalue weighted by Crippen LogP contribution is -2.50. The number of hydrogen-bond acceptors (Lipinski definition) is 9. The van der Waals surface area contributed by atoms with Crippen LogP contribution in [0.25, 0.3) is 33.9 Å². The van der Waals surface area contributed by atoms with Gasteiger partial charge < -0.3 is 9.84 Å². The van der Waals surface area contributed by atoms with Crippen molar-refractivity contribution < 1.29 is 80.9 Å². The van der Waals surface area contributed by atoms with Crippen molar-refractivity contribution in [1.82, 2.24) is 40.0 Å². The first-order chi connectivity index (χ1) is 31.2. The predicted octanol–water partition coefficient (Wildman–Crippen LogP) is 11.0. The molecule has 364 valence electrons. The van der Waals surface area contributed by atoms with Crippen LogP contribution in [0.4, 0.5) is 61.5 Å². The number of rotatable bonds is 9. The average Bonchev–Trinajstić information content (AvgIpc) is 3.90. The standard InChI is InChI=1S/C22H19F7N4O2.C20H15F7N4O2/c1-5-35-19(34)16-8-14(9-30-13(16)4)17-10-33(32-31-17)18-11(2)6-15(7-12(18)3)20(23,21(24,25)26)22(27,28)29;1-9-4-13(18(21,19(22,23)24)20(25,26)27)5-10(2)16(9)31-8-15(29-30-31)12-6-14(17(32)33)11(3)28-7-12/h6-10H,5H2,1-4H3;4-8H,1-3H3,(H,32,33). The van der Waals surface area contributed by atoms with E-state index in [9.17, 15) is 76.2 Å². The van der Waals surface area contributed by atoms with E-state index < -0.39 is 59.1 Å². The van der Waals surface area contributed by atoms with Crippen LogP contribution in [0.3, 0.4) is 0 Å². The molecule has 6 aromatic rings. The number of aromatic nitrogens is 8. The first-order valence-corrected chi connectivity index (χ1v) is 19.3. The fraction of sp³-hybridized carbons (Fsp3) is 0.333. The summed E-state index contributed by atoms with van der Waals surface area (Å²) < 4.78 is 194. The summed E-state index contributed by atoms with van der Waals surface area (Å²) in [6, 6.07) is 4.66. The molecule has 0 bridgehead atoms. The van der Waals surface area contributed by atoms with Crippen LogP contribution < -0.4 is 0 Å². The summed E-state index contributed by atoms with van der Waals surface area (Å²) in [5, 5.41) is 24.8. The van der Waals surface area contributed by atoms with E-state index in [1.165, 1.54) is 71.5 Å². The zero-order chi connectivity index (χ0) is 51.3. The van der Waals surface area contributed by atoms with Crippen molar-refractivity contribution in [3.63, 3.8) is 0 Å². The fourth-order valence-corrected chi connectivity index (χ4v) is 7.00. The summed E-state index contributed by atoms with van der Waals surface area (Å²) in [7, 11) is 0. The van der Waals surface area contributed by atoms with Gasteiger partial charge in [-0.05, 0) is 82.9 Å². The van der Waals surface area contributed by atoms with Crippen molar-refractivity contribution in [3.05, 3.63) is 117 Å². The smallest absolute Gasteiger partial charge is 0.435 e. The number of alkyl halides is 14. The van der Waals surface area contributed by atoms with Gasteiger partial charge in [0.2, 0.25) is 0 Å². The molecular formula is C42H34F14N8O4. The van der Waals surface area contributed by atoms with Crippen LogP contribution in [0.2, 0.25) is 0 Å². The third-order valence-electron chi connectivity index (χ3n) is 10.3. The SMILES string of the molecule is CCOC(=O)c1cc(-c2cn(-c3c(C)cc(C(F)(C(F)(F)F)C(F)(F)F)cc3C)nn2)cnc1C.Cc1cc(C(F)(C(F)(F)F)C(F)(F)F)cc(C)c1-n1cc(-c2cnc(C)c(C(=O)O)c2)nn1. The number of hydrogen-bond donors (Lipinski definition) is 1. The lowest BCUT2D eigenvalue weighted by molar-refractivity contribution is -0.349. The van der Waals surface area contributed by atoms with Crippen LogP contribution >= 0.6 is 0 Å². The Morgan fingerprint density at radius 1 is 0.544 bits per heavy atom. The normalized spacial score (nSPS) is 12.7. The molecule has 0 spiro atoms. The second-order valence-electron chi connectivity index (χ2n) is 15.1. The minimum atomic E-state index is -6.23. The number of carbonyl (C=O) groups is 2. The Bertz CT molecular complexity index is 2810. The maximum Gasteiger partial charge on any atom is 0.435 e. The van der Waals surface area contributed by atoms with Gasteiger partial charge in [-0.2, -0.15) is 52.7 Å². The molecule has 0 aliphatic rings. The third-order valence-corrected chi connectivity index (χ3v) is 10.3. The molecule has 68 heavy (non-hydrogen) atoms. The Morgan fingerprint density at radius 3 is 1.18 bits per heavy atom. The molecule has 26 heteroatoms. The molecule has 4 heterocycles. The number of halogens is 14. The fourth-order valence-electron chi connectivity index (χ4n) is 7.00. The molecule has 0 aliphatic carbocycles. The highest BCUT2D eigenvalue weighted by Gasteiger charge is 2.74. The highest BCUT2D eigenvalue weighted by Crippen LogP contribution is 2.55. The van der Waals surface area contributed by atoms with Gasteiger partial charge in [-0.3, -0.25) is 9.97 Å². The molecule has 0 amide bonds. The molecule has 0 fully saturated rings. The Hall–Kier alpha value is -7.02. The maximum atomic E-state index is 14.5. The summed E-state index contributed by atoms with van der Waals surface area (Å²) in [6.45, 7) is 9.75. The van der Waals surface area contributed by atoms with E-state index in [2.05, 4.69) is 30.6 Å². The van der Waals surface area contributed by atoms with Crippen molar-refractivity contribution in [1.29, 1.82) is 0 Å². The minimum absolute atomic E-state index is 0.0858. The van der Waals surface area contributed by atoms with E-state index in [-0.39, 0.29) is 74.0 Å². The number of benzene rings is 2. The number of aromatic carboxylic acids is 1. The van der Waals surface area contributed by atoms with E-state index in [0.717, 1.165) is 9.36 Å². The van der Waals surface area contributed by atoms with Gasteiger partial charge in [0, 0.05) is 34.6 Å². The maximum absolute atomic E-state index is 14.5. The third kappa shape index (κ3) is 9.56. The first kappa shape index (κ1) is 52.0. The van der Waals surface area contributed by atoms with E-state index in [1.807, 2.05) is 0 Å². The van der Waals surface area contributed by atoms with Crippen LogP contribution in [0.1, 0.15) is 72.4 Å². The molecule has 12 nitrogen and oxygen atoms in total. The van der Waals surface area contributed by atoms with Gasteiger partial charge in [-0.25, -0.2) is 27.7 Å². The number of aryl methyl sites for hydroxylation is 6. The van der Waals surface area contributed by atoms with Gasteiger partial charge in [-0.1, -0.05) is 34.7 Å². The van der Waals surface area contributed by atoms with E-state index >= 15 is 0 Å². The molecule has 0 aliphatic heterocycles. The topological polar surface area (TPSA) is 151 Å². The van der Waals surface area contributed by atoms with Crippen molar-refractivity contribution >= 4 is 11.9 Å². The summed E-state index contributed by atoms with van der Waals surface area (Å²) in [5.41, 5.74) is -12.7. The monoisotopic (exact) mass is 980 g/mol. The second kappa shape index (κ2) is 18.2. The summed E-state index contributed by atoms with van der Waals surface area (Å²) >= 11 is 0. The lowest BCUT2D eigenvalue weighted by Gasteiger charge is -2.31. The number of carbonyl (C=O) groups excluding carboxylic acids is 1. The van der Waals surface area contributed by atoms with Gasteiger partial charge in [0.05, 0.1) is 52.9 Å². The predicted molar refractivity (Wildman–Crippen MR) is 210 cm³/mol. The molecule has 2 aromatic carbocycles. The van der Waals surface area contributed by atoms with Crippen molar-refractivity contribution in [2.24, 2.45) is 0 Å². The molecule has 0 atom stereocenters. The minimum Gasteiger partial charge on any atom is -0.478 e. The number of ether oxygens (including phenoxy) is 1. The van der Waals surface area contributed by atoms with Crippen LogP contribution in [0.15, 0.2) is 61.2 Å². The molecule has 0 saturated heterocycles. The quantitative estimate of drug-likeness (QED) is 0.109. The molecule has 4 aromatic heterocycles. The zero-order valence-electron chi connectivity index (χ0n) is 36.0.